The van der Waals surface area contributed by atoms with E-state index in [0.717, 1.165) is 42.4 Å². The Kier molecular flexibility index (Phi) is 5.92. The fraction of sp³-hybridized carbons (Fsp3) is 1.00. The quantitative estimate of drug-likeness (QED) is 0.821. The van der Waals surface area contributed by atoms with Gasteiger partial charge in [0.15, 0.2) is 0 Å². The van der Waals surface area contributed by atoms with Crippen LogP contribution in [0.3, 0.4) is 0 Å². The molecule has 2 rings (SSSR count). The van der Waals surface area contributed by atoms with Crippen LogP contribution in [0.5, 0.6) is 0 Å². The van der Waals surface area contributed by atoms with Crippen molar-refractivity contribution in [3.05, 3.63) is 0 Å². The molecule has 4 atom stereocenters. The number of hydrogen-bond donors (Lipinski definition) is 1. The summed E-state index contributed by atoms with van der Waals surface area (Å²) in [4.78, 5) is 2.88. The second-order valence-corrected chi connectivity index (χ2v) is 7.74. The van der Waals surface area contributed by atoms with Crippen LogP contribution >= 0.6 is 0 Å². The minimum absolute atomic E-state index is 0.731. The Morgan fingerprint density at radius 3 is 2.40 bits per heavy atom. The molecule has 1 saturated heterocycles. The van der Waals surface area contributed by atoms with Gasteiger partial charge in [0.1, 0.15) is 0 Å². The van der Waals surface area contributed by atoms with Crippen LogP contribution in [0.1, 0.15) is 66.7 Å². The Balaban J connectivity index is 2.09. The molecule has 1 aliphatic carbocycles. The van der Waals surface area contributed by atoms with E-state index in [0.29, 0.717) is 0 Å². The maximum Gasteiger partial charge on any atom is 0.0255 e. The second kappa shape index (κ2) is 7.26. The summed E-state index contributed by atoms with van der Waals surface area (Å²) < 4.78 is 0. The van der Waals surface area contributed by atoms with E-state index in [9.17, 15) is 0 Å². The number of rotatable bonds is 5. The zero-order valence-electron chi connectivity index (χ0n) is 14.4. The molecule has 1 aliphatic heterocycles. The molecule has 0 aromatic carbocycles. The molecule has 2 fully saturated rings. The Morgan fingerprint density at radius 1 is 1.05 bits per heavy atom. The van der Waals surface area contributed by atoms with Gasteiger partial charge in [0.2, 0.25) is 0 Å². The summed E-state index contributed by atoms with van der Waals surface area (Å²) in [6, 6.07) is 2.34. The van der Waals surface area contributed by atoms with E-state index in [1.54, 1.807) is 0 Å². The average Bonchev–Trinajstić information content (AvgIpc) is 2.88. The molecule has 0 aromatic rings. The van der Waals surface area contributed by atoms with Gasteiger partial charge in [-0.2, -0.15) is 0 Å². The number of likely N-dealkylation sites (tertiary alicyclic amines) is 1. The summed E-state index contributed by atoms with van der Waals surface area (Å²) in [6.07, 6.45) is 7.04. The van der Waals surface area contributed by atoms with Crippen LogP contribution in [0.25, 0.3) is 0 Å². The molecule has 0 amide bonds. The number of nitrogens with zero attached hydrogens (tertiary/aromatic N) is 1. The minimum Gasteiger partial charge on any atom is -0.313 e. The highest BCUT2D eigenvalue weighted by Crippen LogP contribution is 2.37. The lowest BCUT2D eigenvalue weighted by molar-refractivity contribution is 0.0598. The Hall–Kier alpha value is -0.0800. The number of likely N-dealkylation sites (N-methyl/N-ethyl adjacent to an activating group) is 1. The third-order valence-electron chi connectivity index (χ3n) is 5.80. The van der Waals surface area contributed by atoms with Gasteiger partial charge >= 0.3 is 0 Å². The third kappa shape index (κ3) is 3.57. The van der Waals surface area contributed by atoms with Crippen LogP contribution < -0.4 is 5.32 Å². The highest BCUT2D eigenvalue weighted by Gasteiger charge is 2.40. The summed E-state index contributed by atoms with van der Waals surface area (Å²) in [5.74, 6) is 2.59. The largest absolute Gasteiger partial charge is 0.313 e. The first-order chi connectivity index (χ1) is 9.54. The van der Waals surface area contributed by atoms with Gasteiger partial charge in [0, 0.05) is 18.1 Å². The van der Waals surface area contributed by atoms with Crippen LogP contribution in [0.15, 0.2) is 0 Å². The fourth-order valence-corrected chi connectivity index (χ4v) is 4.59. The lowest BCUT2D eigenvalue weighted by Gasteiger charge is -2.45. The monoisotopic (exact) mass is 280 g/mol. The van der Waals surface area contributed by atoms with Crippen molar-refractivity contribution in [2.24, 2.45) is 17.8 Å². The summed E-state index contributed by atoms with van der Waals surface area (Å²) in [6.45, 7) is 14.4. The highest BCUT2D eigenvalue weighted by molar-refractivity contribution is 4.96. The molecule has 2 aliphatic rings. The lowest BCUT2D eigenvalue weighted by atomic mass is 9.76. The smallest absolute Gasteiger partial charge is 0.0255 e. The van der Waals surface area contributed by atoms with Crippen molar-refractivity contribution in [3.63, 3.8) is 0 Å². The van der Waals surface area contributed by atoms with Crippen molar-refractivity contribution in [2.75, 3.05) is 13.1 Å². The number of nitrogens with one attached hydrogen (secondary N) is 1. The maximum atomic E-state index is 3.79. The molecule has 0 aromatic heterocycles. The van der Waals surface area contributed by atoms with Crippen LogP contribution in [0.2, 0.25) is 0 Å². The SMILES string of the molecule is CCNC1CCC(C(C)C)CC1N1CCCC1C(C)C. The standard InChI is InChI=1S/C18H36N2/c1-6-19-16-10-9-15(13(2)3)12-18(16)20-11-7-8-17(20)14(4)5/h13-19H,6-12H2,1-5H3. The van der Waals surface area contributed by atoms with Gasteiger partial charge in [-0.3, -0.25) is 4.90 Å². The van der Waals surface area contributed by atoms with E-state index < -0.39 is 0 Å². The molecule has 2 heteroatoms. The molecule has 20 heavy (non-hydrogen) atoms. The molecular formula is C18H36N2. The van der Waals surface area contributed by atoms with E-state index >= 15 is 0 Å². The van der Waals surface area contributed by atoms with Crippen LogP contribution in [-0.2, 0) is 0 Å². The van der Waals surface area contributed by atoms with Crippen molar-refractivity contribution >= 4 is 0 Å². The molecule has 0 bridgehead atoms. The van der Waals surface area contributed by atoms with Crippen LogP contribution in [-0.4, -0.2) is 36.1 Å². The average molecular weight is 280 g/mol. The zero-order chi connectivity index (χ0) is 14.7. The van der Waals surface area contributed by atoms with E-state index in [1.165, 1.54) is 38.6 Å². The van der Waals surface area contributed by atoms with Crippen LogP contribution in [0.4, 0.5) is 0 Å². The third-order valence-corrected chi connectivity index (χ3v) is 5.80. The first kappa shape index (κ1) is 16.3. The first-order valence-corrected chi connectivity index (χ1v) is 9.03. The Morgan fingerprint density at radius 2 is 1.80 bits per heavy atom. The molecule has 1 saturated carbocycles. The summed E-state index contributed by atoms with van der Waals surface area (Å²) in [5, 5.41) is 3.79. The predicted molar refractivity (Wildman–Crippen MR) is 88.0 cm³/mol. The van der Waals surface area contributed by atoms with Gasteiger partial charge in [-0.15, -0.1) is 0 Å². The van der Waals surface area contributed by atoms with Crippen molar-refractivity contribution in [1.82, 2.24) is 10.2 Å². The molecule has 0 spiro atoms. The van der Waals surface area contributed by atoms with Crippen molar-refractivity contribution < 1.29 is 0 Å². The fourth-order valence-electron chi connectivity index (χ4n) is 4.59. The zero-order valence-corrected chi connectivity index (χ0v) is 14.4. The molecular weight excluding hydrogens is 244 g/mol. The van der Waals surface area contributed by atoms with Crippen molar-refractivity contribution in [1.29, 1.82) is 0 Å². The molecule has 4 unspecified atom stereocenters. The van der Waals surface area contributed by atoms with Crippen LogP contribution in [0, 0.1) is 17.8 Å². The summed E-state index contributed by atoms with van der Waals surface area (Å²) in [7, 11) is 0. The van der Waals surface area contributed by atoms with Crippen molar-refractivity contribution in [2.45, 2.75) is 84.8 Å². The number of hydrogen-bond acceptors (Lipinski definition) is 2. The minimum atomic E-state index is 0.731. The van der Waals surface area contributed by atoms with Crippen molar-refractivity contribution in [3.8, 4) is 0 Å². The lowest BCUT2D eigenvalue weighted by Crippen LogP contribution is -2.55. The first-order valence-electron chi connectivity index (χ1n) is 9.03. The van der Waals surface area contributed by atoms with Gasteiger partial charge in [0.25, 0.3) is 0 Å². The van der Waals surface area contributed by atoms with Gasteiger partial charge < -0.3 is 5.32 Å². The van der Waals surface area contributed by atoms with E-state index in [4.69, 9.17) is 0 Å². The molecule has 1 N–H and O–H groups in total. The summed E-state index contributed by atoms with van der Waals surface area (Å²) >= 11 is 0. The summed E-state index contributed by atoms with van der Waals surface area (Å²) in [5.41, 5.74) is 0. The van der Waals surface area contributed by atoms with E-state index in [1.807, 2.05) is 0 Å². The Bertz CT molecular complexity index is 287. The molecule has 1 heterocycles. The topological polar surface area (TPSA) is 15.3 Å². The molecule has 2 nitrogen and oxygen atoms in total. The van der Waals surface area contributed by atoms with Gasteiger partial charge in [-0.05, 0) is 62.9 Å². The highest BCUT2D eigenvalue weighted by atomic mass is 15.2. The van der Waals surface area contributed by atoms with Gasteiger partial charge in [-0.1, -0.05) is 34.6 Å². The Labute approximate surface area is 126 Å². The molecule has 118 valence electrons. The molecule has 0 radical (unpaired) electrons. The van der Waals surface area contributed by atoms with Gasteiger partial charge in [-0.25, -0.2) is 0 Å². The van der Waals surface area contributed by atoms with E-state index in [2.05, 4.69) is 44.8 Å². The second-order valence-electron chi connectivity index (χ2n) is 7.74. The van der Waals surface area contributed by atoms with Gasteiger partial charge in [0.05, 0.1) is 0 Å². The van der Waals surface area contributed by atoms with E-state index in [-0.39, 0.29) is 0 Å². The maximum absolute atomic E-state index is 3.79. The normalized spacial score (nSPS) is 36.1. The predicted octanol–water partition coefficient (Wildman–Crippen LogP) is 3.91.